The summed E-state index contributed by atoms with van der Waals surface area (Å²) in [5.74, 6) is 1.17. The molecule has 1 amide bonds. The van der Waals surface area contributed by atoms with Crippen LogP contribution in [0.25, 0.3) is 0 Å². The molecule has 1 aliphatic carbocycles. The first kappa shape index (κ1) is 12.9. The van der Waals surface area contributed by atoms with Gasteiger partial charge in [0, 0.05) is 12.6 Å². The van der Waals surface area contributed by atoms with Crippen LogP contribution in [0.4, 0.5) is 0 Å². The summed E-state index contributed by atoms with van der Waals surface area (Å²) < 4.78 is 5.57. The first-order valence-electron chi connectivity index (χ1n) is 6.43. The van der Waals surface area contributed by atoms with E-state index >= 15 is 0 Å². The van der Waals surface area contributed by atoms with Crippen molar-refractivity contribution < 1.29 is 9.53 Å². The summed E-state index contributed by atoms with van der Waals surface area (Å²) in [7, 11) is 0. The summed E-state index contributed by atoms with van der Waals surface area (Å²) in [5.41, 5.74) is 5.66. The van der Waals surface area contributed by atoms with E-state index in [1.54, 1.807) is 6.92 Å². The lowest BCUT2D eigenvalue weighted by molar-refractivity contribution is -0.128. The second-order valence-corrected chi connectivity index (χ2v) is 4.76. The van der Waals surface area contributed by atoms with Gasteiger partial charge in [0.1, 0.15) is 5.75 Å². The normalized spacial score (nSPS) is 17.9. The van der Waals surface area contributed by atoms with E-state index in [9.17, 15) is 4.79 Å². The maximum atomic E-state index is 12.0. The molecule has 2 rings (SSSR count). The van der Waals surface area contributed by atoms with Gasteiger partial charge >= 0.3 is 0 Å². The highest BCUT2D eigenvalue weighted by Gasteiger charge is 2.32. The molecule has 98 valence electrons. The zero-order valence-corrected chi connectivity index (χ0v) is 10.6. The molecule has 1 saturated carbocycles. The Morgan fingerprint density at radius 3 is 2.67 bits per heavy atom. The maximum absolute atomic E-state index is 12.0. The fourth-order valence-corrected chi connectivity index (χ4v) is 1.92. The number of ether oxygens (including phenoxy) is 1. The predicted molar refractivity (Wildman–Crippen MR) is 70.2 cm³/mol. The minimum Gasteiger partial charge on any atom is -0.481 e. The standard InChI is InChI=1S/C14H20N2O2/c1-10(18-12-5-3-2-4-6-12)14(17)16-13(9-15)11-7-8-11/h2-6,10-11,13H,7-9,15H2,1H3,(H,16,17). The van der Waals surface area contributed by atoms with Crippen LogP contribution in [0.15, 0.2) is 30.3 Å². The van der Waals surface area contributed by atoms with E-state index in [1.165, 1.54) is 0 Å². The van der Waals surface area contributed by atoms with Crippen molar-refractivity contribution in [3.05, 3.63) is 30.3 Å². The Morgan fingerprint density at radius 1 is 1.44 bits per heavy atom. The van der Waals surface area contributed by atoms with Gasteiger partial charge in [-0.3, -0.25) is 4.79 Å². The summed E-state index contributed by atoms with van der Waals surface area (Å²) >= 11 is 0. The van der Waals surface area contributed by atoms with E-state index in [0.29, 0.717) is 18.2 Å². The number of rotatable bonds is 6. The van der Waals surface area contributed by atoms with Crippen molar-refractivity contribution in [2.45, 2.75) is 31.9 Å². The number of carbonyl (C=O) groups is 1. The van der Waals surface area contributed by atoms with Crippen LogP contribution in [0.3, 0.4) is 0 Å². The molecule has 18 heavy (non-hydrogen) atoms. The van der Waals surface area contributed by atoms with Crippen LogP contribution in [0.1, 0.15) is 19.8 Å². The molecule has 2 atom stereocenters. The van der Waals surface area contributed by atoms with Gasteiger partial charge in [-0.05, 0) is 37.8 Å². The molecule has 1 aromatic carbocycles. The third kappa shape index (κ3) is 3.47. The summed E-state index contributed by atoms with van der Waals surface area (Å²) in [6.07, 6.45) is 1.83. The van der Waals surface area contributed by atoms with Gasteiger partial charge in [-0.25, -0.2) is 0 Å². The van der Waals surface area contributed by atoms with Crippen LogP contribution in [0.5, 0.6) is 5.75 Å². The lowest BCUT2D eigenvalue weighted by Crippen LogP contribution is -2.46. The number of hydrogen-bond donors (Lipinski definition) is 2. The number of benzene rings is 1. The first-order chi connectivity index (χ1) is 8.70. The average molecular weight is 248 g/mol. The minimum absolute atomic E-state index is 0.0961. The van der Waals surface area contributed by atoms with Gasteiger partial charge in [-0.15, -0.1) is 0 Å². The largest absolute Gasteiger partial charge is 0.481 e. The van der Waals surface area contributed by atoms with Crippen LogP contribution in [-0.2, 0) is 4.79 Å². The molecular formula is C14H20N2O2. The molecule has 0 aliphatic heterocycles. The molecule has 3 N–H and O–H groups in total. The van der Waals surface area contributed by atoms with E-state index in [4.69, 9.17) is 10.5 Å². The van der Waals surface area contributed by atoms with Crippen LogP contribution >= 0.6 is 0 Å². The summed E-state index contributed by atoms with van der Waals surface area (Å²) in [6.45, 7) is 2.25. The van der Waals surface area contributed by atoms with Crippen molar-refractivity contribution in [2.24, 2.45) is 11.7 Å². The molecule has 1 aliphatic rings. The van der Waals surface area contributed by atoms with Crippen molar-refractivity contribution in [3.63, 3.8) is 0 Å². The number of hydrogen-bond acceptors (Lipinski definition) is 3. The van der Waals surface area contributed by atoms with Gasteiger partial charge in [0.15, 0.2) is 6.10 Å². The molecule has 0 bridgehead atoms. The molecule has 4 heteroatoms. The van der Waals surface area contributed by atoms with Crippen molar-refractivity contribution in [2.75, 3.05) is 6.54 Å². The highest BCUT2D eigenvalue weighted by atomic mass is 16.5. The molecule has 1 fully saturated rings. The van der Waals surface area contributed by atoms with E-state index in [0.717, 1.165) is 12.8 Å². The topological polar surface area (TPSA) is 64.3 Å². The smallest absolute Gasteiger partial charge is 0.261 e. The summed E-state index contributed by atoms with van der Waals surface area (Å²) in [6, 6.07) is 9.45. The van der Waals surface area contributed by atoms with Crippen LogP contribution in [0, 0.1) is 5.92 Å². The highest BCUT2D eigenvalue weighted by molar-refractivity contribution is 5.81. The molecule has 4 nitrogen and oxygen atoms in total. The summed E-state index contributed by atoms with van der Waals surface area (Å²) in [4.78, 5) is 12.0. The molecule has 1 aromatic rings. The third-order valence-electron chi connectivity index (χ3n) is 3.20. The highest BCUT2D eigenvalue weighted by Crippen LogP contribution is 2.32. The average Bonchev–Trinajstić information content (AvgIpc) is 3.21. The Hall–Kier alpha value is -1.55. The lowest BCUT2D eigenvalue weighted by atomic mass is 10.2. The first-order valence-corrected chi connectivity index (χ1v) is 6.43. The molecule has 0 aromatic heterocycles. The minimum atomic E-state index is -0.500. The molecule has 0 radical (unpaired) electrons. The molecule has 0 spiro atoms. The SMILES string of the molecule is CC(Oc1ccccc1)C(=O)NC(CN)C1CC1. The Morgan fingerprint density at radius 2 is 2.11 bits per heavy atom. The molecule has 0 saturated heterocycles. The van der Waals surface area contributed by atoms with Crippen molar-refractivity contribution >= 4 is 5.91 Å². The van der Waals surface area contributed by atoms with Gasteiger partial charge in [-0.2, -0.15) is 0 Å². The van der Waals surface area contributed by atoms with Gasteiger partial charge in [0.2, 0.25) is 0 Å². The second kappa shape index (κ2) is 5.87. The number of nitrogens with two attached hydrogens (primary N) is 1. The van der Waals surface area contributed by atoms with E-state index in [1.807, 2.05) is 30.3 Å². The fraction of sp³-hybridized carbons (Fsp3) is 0.500. The number of amides is 1. The Labute approximate surface area is 108 Å². The molecular weight excluding hydrogens is 228 g/mol. The lowest BCUT2D eigenvalue weighted by Gasteiger charge is -2.20. The van der Waals surface area contributed by atoms with Crippen LogP contribution in [-0.4, -0.2) is 24.6 Å². The van der Waals surface area contributed by atoms with E-state index < -0.39 is 6.10 Å². The molecule has 0 heterocycles. The number of nitrogens with one attached hydrogen (secondary N) is 1. The Balaban J connectivity index is 1.84. The van der Waals surface area contributed by atoms with Crippen molar-refractivity contribution in [1.29, 1.82) is 0 Å². The van der Waals surface area contributed by atoms with Crippen molar-refractivity contribution in [3.8, 4) is 5.75 Å². The van der Waals surface area contributed by atoms with Gasteiger partial charge in [0.05, 0.1) is 0 Å². The van der Waals surface area contributed by atoms with Gasteiger partial charge in [-0.1, -0.05) is 18.2 Å². The van der Waals surface area contributed by atoms with Gasteiger partial charge in [0.25, 0.3) is 5.91 Å². The van der Waals surface area contributed by atoms with E-state index in [-0.39, 0.29) is 11.9 Å². The molecule has 2 unspecified atom stereocenters. The zero-order chi connectivity index (χ0) is 13.0. The fourth-order valence-electron chi connectivity index (χ4n) is 1.92. The van der Waals surface area contributed by atoms with Crippen LogP contribution < -0.4 is 15.8 Å². The summed E-state index contributed by atoms with van der Waals surface area (Å²) in [5, 5.41) is 2.96. The van der Waals surface area contributed by atoms with E-state index in [2.05, 4.69) is 5.32 Å². The Kier molecular flexibility index (Phi) is 4.20. The maximum Gasteiger partial charge on any atom is 0.261 e. The third-order valence-corrected chi connectivity index (χ3v) is 3.20. The zero-order valence-electron chi connectivity index (χ0n) is 10.6. The second-order valence-electron chi connectivity index (χ2n) is 4.76. The number of para-hydroxylation sites is 1. The predicted octanol–water partition coefficient (Wildman–Crippen LogP) is 1.31. The monoisotopic (exact) mass is 248 g/mol. The van der Waals surface area contributed by atoms with Gasteiger partial charge < -0.3 is 15.8 Å². The Bertz CT molecular complexity index is 390. The van der Waals surface area contributed by atoms with Crippen LogP contribution in [0.2, 0.25) is 0 Å². The van der Waals surface area contributed by atoms with Crippen molar-refractivity contribution in [1.82, 2.24) is 5.32 Å². The number of carbonyl (C=O) groups excluding carboxylic acids is 1. The quantitative estimate of drug-likeness (QED) is 0.797.